The third kappa shape index (κ3) is 3.91. The number of anilines is 1. The number of amides is 1. The molecular weight excluding hydrogens is 375 g/mol. The Morgan fingerprint density at radius 2 is 1.66 bits per heavy atom. The van der Waals surface area contributed by atoms with E-state index in [-0.39, 0.29) is 24.7 Å². The fraction of sp³-hybridized carbons (Fsp3) is 0.286. The molecule has 7 nitrogen and oxygen atoms in total. The number of carbonyl (C=O) groups is 1. The largest absolute Gasteiger partial charge is 0.368 e. The SMILES string of the molecule is O=C(CCn1c(=O)[nH]c(=O)c2ccccc21)N1CCN(c2ccc(F)cc2)CC1. The summed E-state index contributed by atoms with van der Waals surface area (Å²) in [7, 11) is 0. The summed E-state index contributed by atoms with van der Waals surface area (Å²) in [6.45, 7) is 2.67. The summed E-state index contributed by atoms with van der Waals surface area (Å²) in [5, 5.41) is 0.424. The minimum Gasteiger partial charge on any atom is -0.368 e. The molecule has 8 heteroatoms. The molecule has 0 unspecified atom stereocenters. The predicted octanol–water partition coefficient (Wildman–Crippen LogP) is 1.57. The van der Waals surface area contributed by atoms with Gasteiger partial charge in [-0.25, -0.2) is 9.18 Å². The second-order valence-corrected chi connectivity index (χ2v) is 7.02. The normalized spacial score (nSPS) is 14.4. The summed E-state index contributed by atoms with van der Waals surface area (Å²) >= 11 is 0. The highest BCUT2D eigenvalue weighted by Gasteiger charge is 2.21. The van der Waals surface area contributed by atoms with Crippen LogP contribution in [0.1, 0.15) is 6.42 Å². The van der Waals surface area contributed by atoms with E-state index in [0.29, 0.717) is 37.1 Å². The quantitative estimate of drug-likeness (QED) is 0.726. The highest BCUT2D eigenvalue weighted by atomic mass is 19.1. The zero-order chi connectivity index (χ0) is 20.4. The van der Waals surface area contributed by atoms with Crippen LogP contribution in [0.15, 0.2) is 58.1 Å². The Balaban J connectivity index is 1.40. The molecule has 1 amide bonds. The van der Waals surface area contributed by atoms with Gasteiger partial charge in [0.15, 0.2) is 0 Å². The Morgan fingerprint density at radius 1 is 0.966 bits per heavy atom. The van der Waals surface area contributed by atoms with Gasteiger partial charge in [-0.2, -0.15) is 0 Å². The zero-order valence-corrected chi connectivity index (χ0v) is 15.8. The van der Waals surface area contributed by atoms with Gasteiger partial charge in [0.25, 0.3) is 5.56 Å². The molecule has 2 heterocycles. The highest BCUT2D eigenvalue weighted by molar-refractivity contribution is 5.79. The van der Waals surface area contributed by atoms with Crippen molar-refractivity contribution in [2.45, 2.75) is 13.0 Å². The monoisotopic (exact) mass is 396 g/mol. The highest BCUT2D eigenvalue weighted by Crippen LogP contribution is 2.17. The fourth-order valence-corrected chi connectivity index (χ4v) is 3.70. The van der Waals surface area contributed by atoms with Gasteiger partial charge in [0, 0.05) is 44.8 Å². The average Bonchev–Trinajstić information content (AvgIpc) is 2.74. The van der Waals surface area contributed by atoms with E-state index in [2.05, 4.69) is 9.88 Å². The number of aromatic amines is 1. The molecule has 0 atom stereocenters. The number of rotatable bonds is 4. The van der Waals surface area contributed by atoms with Gasteiger partial charge in [-0.15, -0.1) is 0 Å². The summed E-state index contributed by atoms with van der Waals surface area (Å²) < 4.78 is 14.5. The lowest BCUT2D eigenvalue weighted by atomic mass is 10.2. The van der Waals surface area contributed by atoms with Crippen molar-refractivity contribution in [2.24, 2.45) is 0 Å². The van der Waals surface area contributed by atoms with Crippen LogP contribution in [-0.4, -0.2) is 46.5 Å². The molecule has 1 fully saturated rings. The number of hydrogen-bond donors (Lipinski definition) is 1. The third-order valence-corrected chi connectivity index (χ3v) is 5.28. The molecule has 1 aliphatic heterocycles. The van der Waals surface area contributed by atoms with Gasteiger partial charge in [-0.05, 0) is 36.4 Å². The minimum atomic E-state index is -0.511. The van der Waals surface area contributed by atoms with E-state index in [1.165, 1.54) is 16.7 Å². The number of fused-ring (bicyclic) bond motifs is 1. The standard InChI is InChI=1S/C21H21FN4O3/c22-15-5-7-16(8-6-15)24-11-13-25(14-12-24)19(27)9-10-26-18-4-2-1-3-17(18)20(28)23-21(26)29/h1-8H,9-14H2,(H,23,28,29). The Bertz CT molecular complexity index is 1150. The maximum atomic E-state index is 13.1. The topological polar surface area (TPSA) is 78.4 Å². The molecule has 29 heavy (non-hydrogen) atoms. The molecule has 1 N–H and O–H groups in total. The number of nitrogens with one attached hydrogen (secondary N) is 1. The average molecular weight is 396 g/mol. The lowest BCUT2D eigenvalue weighted by Gasteiger charge is -2.36. The molecule has 4 rings (SSSR count). The van der Waals surface area contributed by atoms with Crippen LogP contribution in [0.3, 0.4) is 0 Å². The first kappa shape index (κ1) is 18.9. The lowest BCUT2D eigenvalue weighted by Crippen LogP contribution is -2.49. The van der Waals surface area contributed by atoms with Gasteiger partial charge in [0.05, 0.1) is 10.9 Å². The van der Waals surface area contributed by atoms with Crippen LogP contribution in [0, 0.1) is 5.82 Å². The van der Waals surface area contributed by atoms with Crippen LogP contribution in [-0.2, 0) is 11.3 Å². The smallest absolute Gasteiger partial charge is 0.328 e. The van der Waals surface area contributed by atoms with Crippen molar-refractivity contribution in [1.82, 2.24) is 14.5 Å². The molecule has 1 aromatic heterocycles. The molecule has 1 saturated heterocycles. The Hall–Kier alpha value is -3.42. The number of piperazine rings is 1. The molecular formula is C21H21FN4O3. The Kier molecular flexibility index (Phi) is 5.16. The summed E-state index contributed by atoms with van der Waals surface area (Å²) in [4.78, 5) is 43.0. The summed E-state index contributed by atoms with van der Waals surface area (Å²) in [5.41, 5.74) is 0.521. The van der Waals surface area contributed by atoms with Crippen LogP contribution in [0.4, 0.5) is 10.1 Å². The number of aromatic nitrogens is 2. The molecule has 0 spiro atoms. The lowest BCUT2D eigenvalue weighted by molar-refractivity contribution is -0.131. The van der Waals surface area contributed by atoms with Crippen molar-refractivity contribution in [3.05, 3.63) is 75.2 Å². The number of hydrogen-bond acceptors (Lipinski definition) is 4. The molecule has 150 valence electrons. The van der Waals surface area contributed by atoms with E-state index in [1.54, 1.807) is 41.3 Å². The first-order chi connectivity index (χ1) is 14.0. The van der Waals surface area contributed by atoms with Crippen LogP contribution in [0.25, 0.3) is 10.9 Å². The second-order valence-electron chi connectivity index (χ2n) is 7.02. The number of benzene rings is 2. The minimum absolute atomic E-state index is 0.0362. The molecule has 0 aliphatic carbocycles. The van der Waals surface area contributed by atoms with Gasteiger partial charge in [-0.3, -0.25) is 19.1 Å². The van der Waals surface area contributed by atoms with Crippen molar-refractivity contribution in [1.29, 1.82) is 0 Å². The molecule has 2 aromatic carbocycles. The first-order valence-electron chi connectivity index (χ1n) is 9.53. The number of para-hydroxylation sites is 1. The molecule has 1 aliphatic rings. The molecule has 0 radical (unpaired) electrons. The van der Waals surface area contributed by atoms with Gasteiger partial charge in [0.1, 0.15) is 5.82 Å². The number of H-pyrrole nitrogens is 1. The van der Waals surface area contributed by atoms with Gasteiger partial charge in [0.2, 0.25) is 5.91 Å². The van der Waals surface area contributed by atoms with E-state index in [9.17, 15) is 18.8 Å². The number of halogens is 1. The van der Waals surface area contributed by atoms with E-state index >= 15 is 0 Å². The summed E-state index contributed by atoms with van der Waals surface area (Å²) in [6.07, 6.45) is 0.173. The fourth-order valence-electron chi connectivity index (χ4n) is 3.70. The van der Waals surface area contributed by atoms with Crippen molar-refractivity contribution in [3.8, 4) is 0 Å². The van der Waals surface area contributed by atoms with Gasteiger partial charge < -0.3 is 9.80 Å². The van der Waals surface area contributed by atoms with E-state index in [0.717, 1.165) is 5.69 Å². The van der Waals surface area contributed by atoms with Gasteiger partial charge in [-0.1, -0.05) is 12.1 Å². The van der Waals surface area contributed by atoms with Gasteiger partial charge >= 0.3 is 5.69 Å². The van der Waals surface area contributed by atoms with Crippen molar-refractivity contribution < 1.29 is 9.18 Å². The molecule has 0 saturated carbocycles. The van der Waals surface area contributed by atoms with E-state index in [4.69, 9.17) is 0 Å². The van der Waals surface area contributed by atoms with Crippen molar-refractivity contribution in [2.75, 3.05) is 31.1 Å². The van der Waals surface area contributed by atoms with Crippen molar-refractivity contribution in [3.63, 3.8) is 0 Å². The van der Waals surface area contributed by atoms with Crippen LogP contribution >= 0.6 is 0 Å². The third-order valence-electron chi connectivity index (χ3n) is 5.28. The maximum Gasteiger partial charge on any atom is 0.328 e. The number of aryl methyl sites for hydroxylation is 1. The second kappa shape index (κ2) is 7.90. The first-order valence-corrected chi connectivity index (χ1v) is 9.53. The number of carbonyl (C=O) groups excluding carboxylic acids is 1. The van der Waals surface area contributed by atoms with E-state index < -0.39 is 11.2 Å². The summed E-state index contributed by atoms with van der Waals surface area (Å²) in [6, 6.07) is 13.2. The van der Waals surface area contributed by atoms with Crippen LogP contribution in [0.2, 0.25) is 0 Å². The van der Waals surface area contributed by atoms with Crippen molar-refractivity contribution >= 4 is 22.5 Å². The number of nitrogens with zero attached hydrogens (tertiary/aromatic N) is 3. The van der Waals surface area contributed by atoms with Crippen LogP contribution < -0.4 is 16.1 Å². The molecule has 0 bridgehead atoms. The Labute approximate surface area is 166 Å². The maximum absolute atomic E-state index is 13.1. The van der Waals surface area contributed by atoms with E-state index in [1.807, 2.05) is 0 Å². The summed E-state index contributed by atoms with van der Waals surface area (Å²) in [5.74, 6) is -0.307. The predicted molar refractivity (Wildman–Crippen MR) is 109 cm³/mol. The van der Waals surface area contributed by atoms with Crippen LogP contribution in [0.5, 0.6) is 0 Å². The zero-order valence-electron chi connectivity index (χ0n) is 15.8. The molecule has 3 aromatic rings. The Morgan fingerprint density at radius 3 is 2.38 bits per heavy atom.